The Bertz CT molecular complexity index is 610. The minimum atomic E-state index is -0.894. The quantitative estimate of drug-likeness (QED) is 0.923. The van der Waals surface area contributed by atoms with Gasteiger partial charge in [-0.05, 0) is 23.3 Å². The molecule has 0 radical (unpaired) electrons. The number of carbonyl (C=O) groups excluding carboxylic acids is 1. The Morgan fingerprint density at radius 2 is 1.87 bits per heavy atom. The molecule has 4 nitrogen and oxygen atoms in total. The number of aliphatic carboxylic acids is 1. The summed E-state index contributed by atoms with van der Waals surface area (Å²) in [6, 6.07) is 9.33. The van der Waals surface area contributed by atoms with Gasteiger partial charge in [0.05, 0.1) is 5.37 Å². The Morgan fingerprint density at radius 1 is 1.22 bits per heavy atom. The first-order valence-electron chi connectivity index (χ1n) is 8.02. The molecule has 1 heterocycles. The Kier molecular flexibility index (Phi) is 4.17. The van der Waals surface area contributed by atoms with Gasteiger partial charge in [0, 0.05) is 11.7 Å². The van der Waals surface area contributed by atoms with Crippen molar-refractivity contribution in [3.05, 3.63) is 35.9 Å². The number of hydrogen-bond donors (Lipinski definition) is 1. The van der Waals surface area contributed by atoms with E-state index < -0.39 is 12.0 Å². The van der Waals surface area contributed by atoms with Crippen LogP contribution in [0.4, 0.5) is 0 Å². The van der Waals surface area contributed by atoms with Gasteiger partial charge in [0.15, 0.2) is 0 Å². The lowest BCUT2D eigenvalue weighted by molar-refractivity contribution is -0.150. The van der Waals surface area contributed by atoms with Crippen LogP contribution in [0.25, 0.3) is 0 Å². The second-order valence-electron chi connectivity index (χ2n) is 7.51. The molecule has 2 aliphatic rings. The highest BCUT2D eigenvalue weighted by atomic mass is 32.2. The molecule has 1 N–H and O–H groups in total. The van der Waals surface area contributed by atoms with Crippen molar-refractivity contribution in [1.82, 2.24) is 4.90 Å². The number of thioether (sulfide) groups is 1. The molecular formula is C18H23NO3S. The lowest BCUT2D eigenvalue weighted by Gasteiger charge is -2.36. The summed E-state index contributed by atoms with van der Waals surface area (Å²) in [6.45, 7) is 6.20. The molecule has 1 aromatic rings. The Labute approximate surface area is 141 Å². The predicted molar refractivity (Wildman–Crippen MR) is 91.3 cm³/mol. The van der Waals surface area contributed by atoms with Gasteiger partial charge in [0.2, 0.25) is 5.91 Å². The highest BCUT2D eigenvalue weighted by molar-refractivity contribution is 8.00. The van der Waals surface area contributed by atoms with E-state index >= 15 is 0 Å². The van der Waals surface area contributed by atoms with Crippen LogP contribution in [0, 0.1) is 11.3 Å². The number of nitrogens with zero attached hydrogens (tertiary/aromatic N) is 1. The maximum Gasteiger partial charge on any atom is 0.327 e. The van der Waals surface area contributed by atoms with Crippen molar-refractivity contribution in [2.24, 2.45) is 11.3 Å². The molecule has 0 spiro atoms. The highest BCUT2D eigenvalue weighted by Crippen LogP contribution is 2.51. The molecule has 1 aromatic carbocycles. The summed E-state index contributed by atoms with van der Waals surface area (Å²) >= 11 is 1.59. The SMILES string of the molecule is CC(C)(C)[C@@H]1SC[C@@H](C(=O)O)N1C(=O)[C@@H]1C[C@@H]1c1ccccc1. The first kappa shape index (κ1) is 16.4. The van der Waals surface area contributed by atoms with Gasteiger partial charge >= 0.3 is 5.97 Å². The minimum Gasteiger partial charge on any atom is -0.480 e. The summed E-state index contributed by atoms with van der Waals surface area (Å²) in [5, 5.41) is 9.42. The fraction of sp³-hybridized carbons (Fsp3) is 0.556. The molecule has 124 valence electrons. The van der Waals surface area contributed by atoms with Gasteiger partial charge in [-0.2, -0.15) is 0 Å². The van der Waals surface area contributed by atoms with Crippen molar-refractivity contribution in [2.45, 2.75) is 44.5 Å². The van der Waals surface area contributed by atoms with Crippen LogP contribution in [0.5, 0.6) is 0 Å². The zero-order chi connectivity index (χ0) is 16.8. The third-order valence-corrected chi connectivity index (χ3v) is 6.37. The largest absolute Gasteiger partial charge is 0.480 e. The van der Waals surface area contributed by atoms with E-state index in [9.17, 15) is 14.7 Å². The van der Waals surface area contributed by atoms with Gasteiger partial charge in [-0.3, -0.25) is 4.79 Å². The van der Waals surface area contributed by atoms with Crippen LogP contribution in [-0.2, 0) is 9.59 Å². The van der Waals surface area contributed by atoms with Crippen molar-refractivity contribution in [3.63, 3.8) is 0 Å². The number of amides is 1. The number of carboxylic acids is 1. The van der Waals surface area contributed by atoms with Gasteiger partial charge in [0.1, 0.15) is 6.04 Å². The highest BCUT2D eigenvalue weighted by Gasteiger charge is 2.53. The summed E-state index contributed by atoms with van der Waals surface area (Å²) in [7, 11) is 0. The van der Waals surface area contributed by atoms with Crippen LogP contribution in [-0.4, -0.2) is 39.1 Å². The normalized spacial score (nSPS) is 30.3. The molecule has 3 rings (SSSR count). The van der Waals surface area contributed by atoms with Gasteiger partial charge in [-0.25, -0.2) is 4.79 Å². The van der Waals surface area contributed by atoms with E-state index in [2.05, 4.69) is 20.8 Å². The number of hydrogen-bond acceptors (Lipinski definition) is 3. The van der Waals surface area contributed by atoms with E-state index in [0.717, 1.165) is 6.42 Å². The molecule has 0 unspecified atom stereocenters. The zero-order valence-corrected chi connectivity index (χ0v) is 14.5. The van der Waals surface area contributed by atoms with E-state index in [0.29, 0.717) is 5.75 Å². The molecule has 1 saturated heterocycles. The van der Waals surface area contributed by atoms with Crippen molar-refractivity contribution in [2.75, 3.05) is 5.75 Å². The molecule has 2 fully saturated rings. The molecule has 4 atom stereocenters. The van der Waals surface area contributed by atoms with E-state index in [1.54, 1.807) is 16.7 Å². The topological polar surface area (TPSA) is 57.6 Å². The van der Waals surface area contributed by atoms with Gasteiger partial charge < -0.3 is 10.0 Å². The third kappa shape index (κ3) is 3.11. The maximum absolute atomic E-state index is 13.0. The van der Waals surface area contributed by atoms with E-state index in [1.807, 2.05) is 30.3 Å². The third-order valence-electron chi connectivity index (χ3n) is 4.62. The number of rotatable bonds is 3. The van der Waals surface area contributed by atoms with Crippen molar-refractivity contribution >= 4 is 23.6 Å². The first-order chi connectivity index (χ1) is 10.8. The molecule has 1 amide bonds. The van der Waals surface area contributed by atoms with Crippen LogP contribution in [0.3, 0.4) is 0 Å². The lowest BCUT2D eigenvalue weighted by atomic mass is 9.94. The van der Waals surface area contributed by atoms with Crippen LogP contribution in [0.15, 0.2) is 30.3 Å². The minimum absolute atomic E-state index is 0.0104. The number of carbonyl (C=O) groups is 2. The summed E-state index contributed by atoms with van der Waals surface area (Å²) in [5.41, 5.74) is 1.04. The fourth-order valence-corrected chi connectivity index (χ4v) is 4.94. The maximum atomic E-state index is 13.0. The monoisotopic (exact) mass is 333 g/mol. The van der Waals surface area contributed by atoms with Gasteiger partial charge in [-0.1, -0.05) is 51.1 Å². The van der Waals surface area contributed by atoms with Crippen LogP contribution < -0.4 is 0 Å². The molecule has 0 aromatic heterocycles. The summed E-state index contributed by atoms with van der Waals surface area (Å²) < 4.78 is 0. The average molecular weight is 333 g/mol. The Morgan fingerprint density at radius 3 is 2.43 bits per heavy atom. The molecule has 5 heteroatoms. The first-order valence-corrected chi connectivity index (χ1v) is 9.07. The van der Waals surface area contributed by atoms with Crippen molar-refractivity contribution < 1.29 is 14.7 Å². The van der Waals surface area contributed by atoms with Crippen molar-refractivity contribution in [3.8, 4) is 0 Å². The van der Waals surface area contributed by atoms with Crippen molar-refractivity contribution in [1.29, 1.82) is 0 Å². The molecule has 23 heavy (non-hydrogen) atoms. The molecule has 0 bridgehead atoms. The lowest BCUT2D eigenvalue weighted by Crippen LogP contribution is -2.50. The van der Waals surface area contributed by atoms with E-state index in [-0.39, 0.29) is 28.5 Å². The number of benzene rings is 1. The van der Waals surface area contributed by atoms with Gasteiger partial charge in [0.25, 0.3) is 0 Å². The molecule has 1 aliphatic heterocycles. The smallest absolute Gasteiger partial charge is 0.327 e. The van der Waals surface area contributed by atoms with E-state index in [4.69, 9.17) is 0 Å². The second kappa shape index (κ2) is 5.86. The summed E-state index contributed by atoms with van der Waals surface area (Å²) in [5.74, 6) is -0.232. The van der Waals surface area contributed by atoms with Crippen LogP contribution in [0.1, 0.15) is 38.7 Å². The number of carboxylic acid groups (broad SMARTS) is 1. The van der Waals surface area contributed by atoms with Crippen LogP contribution >= 0.6 is 11.8 Å². The Hall–Kier alpha value is -1.49. The second-order valence-corrected chi connectivity index (χ2v) is 8.62. The Balaban J connectivity index is 1.80. The van der Waals surface area contributed by atoms with Crippen LogP contribution in [0.2, 0.25) is 0 Å². The fourth-order valence-electron chi connectivity index (χ4n) is 3.36. The molecule has 1 aliphatic carbocycles. The molecule has 1 saturated carbocycles. The summed E-state index contributed by atoms with van der Waals surface area (Å²) in [4.78, 5) is 26.2. The standard InChI is InChI=1S/C18H23NO3S/c1-18(2,3)17-19(14(10-23-17)16(21)22)15(20)13-9-12(13)11-7-5-4-6-8-11/h4-8,12-14,17H,9-10H2,1-3H3,(H,21,22)/t12-,13-,14+,17+/m1/s1. The van der Waals surface area contributed by atoms with Gasteiger partial charge in [-0.15, -0.1) is 11.8 Å². The predicted octanol–water partition coefficient (Wildman–Crippen LogP) is 3.19. The summed E-state index contributed by atoms with van der Waals surface area (Å²) in [6.07, 6.45) is 0.827. The van der Waals surface area contributed by atoms with E-state index in [1.165, 1.54) is 5.56 Å². The average Bonchev–Trinajstić information content (AvgIpc) is 3.15. The molecular weight excluding hydrogens is 310 g/mol. The zero-order valence-electron chi connectivity index (χ0n) is 13.7.